The number of benzene rings is 1. The van der Waals surface area contributed by atoms with Crippen LogP contribution in [0.25, 0.3) is 5.95 Å². The minimum atomic E-state index is -2.88. The van der Waals surface area contributed by atoms with Crippen LogP contribution in [0.5, 0.6) is 0 Å². The number of nitrogens with one attached hydrogen (secondary N) is 2. The van der Waals surface area contributed by atoms with Gasteiger partial charge in [-0.05, 0) is 49.4 Å². The van der Waals surface area contributed by atoms with Gasteiger partial charge in [0, 0.05) is 30.6 Å². The molecule has 4 rings (SSSR count). The van der Waals surface area contributed by atoms with Gasteiger partial charge in [0.05, 0.1) is 12.6 Å². The van der Waals surface area contributed by atoms with Crippen molar-refractivity contribution < 1.29 is 13.9 Å². The Bertz CT molecular complexity index is 1220. The van der Waals surface area contributed by atoms with Crippen molar-refractivity contribution in [2.45, 2.75) is 45.1 Å². The van der Waals surface area contributed by atoms with Gasteiger partial charge in [0.1, 0.15) is 5.56 Å². The van der Waals surface area contributed by atoms with E-state index in [1.54, 1.807) is 37.3 Å². The highest BCUT2D eigenvalue weighted by atomic mass is 31.2. The molecule has 1 amide bonds. The number of hydrogen-bond acceptors (Lipinski definition) is 6. The summed E-state index contributed by atoms with van der Waals surface area (Å²) in [4.78, 5) is 32.6. The number of aromatic amines is 1. The molecular weight excluding hydrogens is 453 g/mol. The maximum Gasteiger partial charge on any atom is 0.265 e. The largest absolute Gasteiger partial charge is 0.345 e. The Kier molecular flexibility index (Phi) is 7.44. The number of H-pyrrole nitrogens is 1. The van der Waals surface area contributed by atoms with Crippen molar-refractivity contribution in [3.8, 4) is 5.95 Å². The van der Waals surface area contributed by atoms with E-state index in [-0.39, 0.29) is 23.5 Å². The molecule has 3 aromatic rings. The van der Waals surface area contributed by atoms with Crippen LogP contribution in [0.4, 0.5) is 0 Å². The average molecular weight is 484 g/mol. The predicted octanol–water partition coefficient (Wildman–Crippen LogP) is 3.58. The quantitative estimate of drug-likeness (QED) is 0.473. The summed E-state index contributed by atoms with van der Waals surface area (Å²) in [7, 11) is -2.88. The molecule has 1 fully saturated rings. The zero-order valence-corrected chi connectivity index (χ0v) is 20.3. The van der Waals surface area contributed by atoms with Crippen LogP contribution >= 0.6 is 7.37 Å². The average Bonchev–Trinajstić information content (AvgIpc) is 3.38. The third-order valence-electron chi connectivity index (χ3n) is 6.26. The van der Waals surface area contributed by atoms with Gasteiger partial charge in [0.25, 0.3) is 11.5 Å². The molecule has 2 N–H and O–H groups in total. The number of nitrogens with zero attached hydrogens (tertiary/aromatic N) is 3. The van der Waals surface area contributed by atoms with Crippen molar-refractivity contribution in [1.82, 2.24) is 25.1 Å². The topological polar surface area (TPSA) is 119 Å². The molecule has 34 heavy (non-hydrogen) atoms. The van der Waals surface area contributed by atoms with E-state index in [0.29, 0.717) is 11.9 Å². The molecule has 0 bridgehead atoms. The Labute approximate surface area is 198 Å². The second-order valence-corrected chi connectivity index (χ2v) is 11.1. The van der Waals surface area contributed by atoms with Gasteiger partial charge in [-0.1, -0.05) is 31.4 Å². The summed E-state index contributed by atoms with van der Waals surface area (Å²) in [6.07, 6.45) is 9.88. The highest BCUT2D eigenvalue weighted by Gasteiger charge is 2.28. The van der Waals surface area contributed by atoms with Crippen LogP contribution in [0.3, 0.4) is 0 Å². The smallest absolute Gasteiger partial charge is 0.265 e. The van der Waals surface area contributed by atoms with Gasteiger partial charge in [-0.3, -0.25) is 19.1 Å². The fraction of sp³-hybridized carbons (Fsp3) is 0.417. The van der Waals surface area contributed by atoms with Crippen molar-refractivity contribution in [2.24, 2.45) is 5.92 Å². The zero-order chi connectivity index (χ0) is 24.1. The van der Waals surface area contributed by atoms with E-state index in [4.69, 9.17) is 4.52 Å². The Hall–Kier alpha value is -3.03. The lowest BCUT2D eigenvalue weighted by Crippen LogP contribution is -2.37. The van der Waals surface area contributed by atoms with Gasteiger partial charge in [0.15, 0.2) is 0 Å². The van der Waals surface area contributed by atoms with Gasteiger partial charge in [-0.25, -0.2) is 9.67 Å². The Morgan fingerprint density at radius 3 is 2.62 bits per heavy atom. The Morgan fingerprint density at radius 1 is 1.26 bits per heavy atom. The molecular formula is C24H30N5O4P. The van der Waals surface area contributed by atoms with Crippen LogP contribution in [-0.4, -0.2) is 38.9 Å². The van der Waals surface area contributed by atoms with Crippen molar-refractivity contribution in [1.29, 1.82) is 0 Å². The van der Waals surface area contributed by atoms with E-state index < -0.39 is 18.8 Å². The first-order chi connectivity index (χ1) is 16.4. The van der Waals surface area contributed by atoms with Gasteiger partial charge < -0.3 is 9.84 Å². The van der Waals surface area contributed by atoms with E-state index >= 15 is 0 Å². The highest BCUT2D eigenvalue weighted by molar-refractivity contribution is 7.66. The van der Waals surface area contributed by atoms with E-state index in [0.717, 1.165) is 31.2 Å². The monoisotopic (exact) mass is 483 g/mol. The molecule has 0 spiro atoms. The number of carbonyl (C=O) groups is 1. The number of amides is 1. The van der Waals surface area contributed by atoms with Crippen molar-refractivity contribution >= 4 is 18.6 Å². The van der Waals surface area contributed by atoms with Crippen molar-refractivity contribution in [3.63, 3.8) is 0 Å². The zero-order valence-electron chi connectivity index (χ0n) is 19.4. The molecule has 10 heteroatoms. The molecule has 2 atom stereocenters. The maximum atomic E-state index is 13.1. The van der Waals surface area contributed by atoms with E-state index in [2.05, 4.69) is 20.4 Å². The van der Waals surface area contributed by atoms with E-state index in [9.17, 15) is 14.2 Å². The fourth-order valence-corrected chi connectivity index (χ4v) is 5.82. The Balaban J connectivity index is 1.59. The normalized spacial score (nSPS) is 17.1. The first-order valence-electron chi connectivity index (χ1n) is 11.6. The molecule has 1 saturated carbocycles. The lowest BCUT2D eigenvalue weighted by molar-refractivity contribution is 0.0910. The van der Waals surface area contributed by atoms with E-state index in [1.165, 1.54) is 17.3 Å². The van der Waals surface area contributed by atoms with Crippen LogP contribution in [-0.2, 0) is 9.09 Å². The van der Waals surface area contributed by atoms with Crippen LogP contribution < -0.4 is 16.2 Å². The molecule has 0 radical (unpaired) electrons. The summed E-state index contributed by atoms with van der Waals surface area (Å²) in [6, 6.07) is 8.85. The molecule has 180 valence electrons. The third kappa shape index (κ3) is 5.37. The van der Waals surface area contributed by atoms with Crippen molar-refractivity contribution in [2.75, 3.05) is 13.3 Å². The molecule has 2 unspecified atom stereocenters. The van der Waals surface area contributed by atoms with Gasteiger partial charge in [-0.15, -0.1) is 0 Å². The van der Waals surface area contributed by atoms with Gasteiger partial charge in [0.2, 0.25) is 13.3 Å². The van der Waals surface area contributed by atoms with Crippen LogP contribution in [0, 0.1) is 5.92 Å². The second kappa shape index (κ2) is 10.5. The minimum Gasteiger partial charge on any atom is -0.345 e. The molecule has 1 aliphatic carbocycles. The predicted molar refractivity (Wildman–Crippen MR) is 130 cm³/mol. The lowest BCUT2D eigenvalue weighted by Gasteiger charge is -2.31. The second-order valence-electron chi connectivity index (χ2n) is 8.60. The summed E-state index contributed by atoms with van der Waals surface area (Å²) in [5.74, 6) is 0.0134. The SMILES string of the molecule is CCOP(C)(=O)c1ccc(C(NC(=O)c2cnc(-n3cccn3)[nH]c2=O)C2CCCCC2)cc1. The van der Waals surface area contributed by atoms with Gasteiger partial charge >= 0.3 is 0 Å². The molecule has 0 saturated heterocycles. The van der Waals surface area contributed by atoms with Crippen LogP contribution in [0.1, 0.15) is 61.0 Å². The van der Waals surface area contributed by atoms with Crippen LogP contribution in [0.15, 0.2) is 53.7 Å². The van der Waals surface area contributed by atoms with Crippen LogP contribution in [0.2, 0.25) is 0 Å². The van der Waals surface area contributed by atoms with Gasteiger partial charge in [-0.2, -0.15) is 5.10 Å². The summed E-state index contributed by atoms with van der Waals surface area (Å²) in [6.45, 7) is 3.80. The molecule has 2 aromatic heterocycles. The van der Waals surface area contributed by atoms with Crippen molar-refractivity contribution in [3.05, 3.63) is 70.4 Å². The molecule has 2 heterocycles. The summed E-state index contributed by atoms with van der Waals surface area (Å²) in [5.41, 5.74) is 0.333. The summed E-state index contributed by atoms with van der Waals surface area (Å²) >= 11 is 0. The molecule has 0 aliphatic heterocycles. The van der Waals surface area contributed by atoms with E-state index in [1.807, 2.05) is 19.1 Å². The first kappa shape index (κ1) is 24.1. The number of hydrogen-bond donors (Lipinski definition) is 2. The summed E-state index contributed by atoms with van der Waals surface area (Å²) in [5, 5.41) is 7.76. The molecule has 9 nitrogen and oxygen atoms in total. The lowest BCUT2D eigenvalue weighted by atomic mass is 9.81. The number of aromatic nitrogens is 4. The standard InChI is InChI=1S/C24H30N5O4P/c1-3-33-34(2,32)19-12-10-18(11-13-19)21(17-8-5-4-6-9-17)27-22(30)20-16-25-24(28-23(20)31)29-15-7-14-26-29/h7,10-17,21H,3-6,8-9H2,1-2H3,(H,27,30)(H,25,28,31). The Morgan fingerprint density at radius 2 is 2.00 bits per heavy atom. The minimum absolute atomic E-state index is 0.0530. The maximum absolute atomic E-state index is 13.1. The summed E-state index contributed by atoms with van der Waals surface area (Å²) < 4.78 is 19.6. The number of carbonyl (C=O) groups excluding carboxylic acids is 1. The number of rotatable bonds is 8. The fourth-order valence-electron chi connectivity index (χ4n) is 4.49. The molecule has 1 aromatic carbocycles. The third-order valence-corrected chi connectivity index (χ3v) is 8.24. The highest BCUT2D eigenvalue weighted by Crippen LogP contribution is 2.41. The first-order valence-corrected chi connectivity index (χ1v) is 13.7. The molecule has 1 aliphatic rings.